The Morgan fingerprint density at radius 2 is 2.29 bits per heavy atom. The molecule has 2 aromatic rings. The van der Waals surface area contributed by atoms with E-state index in [-0.39, 0.29) is 5.82 Å². The monoisotopic (exact) mass is 306 g/mol. The summed E-state index contributed by atoms with van der Waals surface area (Å²) >= 11 is 5.52. The molecule has 0 saturated carbocycles. The zero-order chi connectivity index (χ0) is 15.1. The smallest absolute Gasteiger partial charge is 0.142 e. The molecule has 0 bridgehead atoms. The lowest BCUT2D eigenvalue weighted by Crippen LogP contribution is -2.06. The SMILES string of the molecule is Cn1ccnc1CCOc1ccc(C#CCCCl)c(F)c1. The molecule has 0 N–H and O–H groups in total. The number of hydrogen-bond donors (Lipinski definition) is 0. The van der Waals surface area contributed by atoms with Crippen LogP contribution in [0.2, 0.25) is 0 Å². The molecule has 110 valence electrons. The molecule has 0 unspecified atom stereocenters. The van der Waals surface area contributed by atoms with Gasteiger partial charge in [-0.15, -0.1) is 11.6 Å². The van der Waals surface area contributed by atoms with Gasteiger partial charge in [-0.1, -0.05) is 11.8 Å². The molecule has 0 amide bonds. The van der Waals surface area contributed by atoms with Crippen LogP contribution in [0.25, 0.3) is 0 Å². The molecule has 0 atom stereocenters. The van der Waals surface area contributed by atoms with Gasteiger partial charge in [0.15, 0.2) is 0 Å². The molecular formula is C16H16ClFN2O. The molecule has 3 nitrogen and oxygen atoms in total. The van der Waals surface area contributed by atoms with Crippen LogP contribution in [-0.2, 0) is 13.5 Å². The second-order valence-corrected chi connectivity index (χ2v) is 4.81. The lowest BCUT2D eigenvalue weighted by molar-refractivity contribution is 0.316. The molecule has 0 aliphatic carbocycles. The number of nitrogens with zero attached hydrogens (tertiary/aromatic N) is 2. The van der Waals surface area contributed by atoms with Gasteiger partial charge in [-0.25, -0.2) is 9.37 Å². The third kappa shape index (κ3) is 4.51. The number of aryl methyl sites for hydroxylation is 1. The summed E-state index contributed by atoms with van der Waals surface area (Å²) in [5.74, 6) is 7.04. The molecule has 0 aliphatic heterocycles. The van der Waals surface area contributed by atoms with Crippen molar-refractivity contribution in [2.24, 2.45) is 7.05 Å². The van der Waals surface area contributed by atoms with Crippen molar-refractivity contribution in [1.82, 2.24) is 9.55 Å². The lowest BCUT2D eigenvalue weighted by Gasteiger charge is -2.07. The summed E-state index contributed by atoms with van der Waals surface area (Å²) in [5.41, 5.74) is 0.358. The van der Waals surface area contributed by atoms with E-state index in [0.29, 0.717) is 36.6 Å². The van der Waals surface area contributed by atoms with Crippen molar-refractivity contribution in [1.29, 1.82) is 0 Å². The number of halogens is 2. The highest BCUT2D eigenvalue weighted by Gasteiger charge is 2.04. The summed E-state index contributed by atoms with van der Waals surface area (Å²) in [7, 11) is 1.93. The van der Waals surface area contributed by atoms with Crippen LogP contribution < -0.4 is 4.74 Å². The molecular weight excluding hydrogens is 291 g/mol. The minimum Gasteiger partial charge on any atom is -0.493 e. The highest BCUT2D eigenvalue weighted by molar-refractivity contribution is 6.18. The van der Waals surface area contributed by atoms with Gasteiger partial charge in [-0.05, 0) is 12.1 Å². The summed E-state index contributed by atoms with van der Waals surface area (Å²) in [5, 5.41) is 0. The highest BCUT2D eigenvalue weighted by Crippen LogP contribution is 2.16. The normalized spacial score (nSPS) is 10.0. The maximum Gasteiger partial charge on any atom is 0.142 e. The van der Waals surface area contributed by atoms with Crippen molar-refractivity contribution in [3.63, 3.8) is 0 Å². The van der Waals surface area contributed by atoms with E-state index in [0.717, 1.165) is 5.82 Å². The third-order valence-corrected chi connectivity index (χ3v) is 3.09. The number of imidazole rings is 1. The van der Waals surface area contributed by atoms with Crippen LogP contribution in [0.1, 0.15) is 17.8 Å². The number of aromatic nitrogens is 2. The van der Waals surface area contributed by atoms with Gasteiger partial charge in [0.25, 0.3) is 0 Å². The lowest BCUT2D eigenvalue weighted by atomic mass is 10.2. The minimum absolute atomic E-state index is 0.358. The Kier molecular flexibility index (Phi) is 5.65. The van der Waals surface area contributed by atoms with Crippen LogP contribution in [0.3, 0.4) is 0 Å². The van der Waals surface area contributed by atoms with E-state index < -0.39 is 0 Å². The van der Waals surface area contributed by atoms with Gasteiger partial charge in [-0.3, -0.25) is 0 Å². The quantitative estimate of drug-likeness (QED) is 0.627. The van der Waals surface area contributed by atoms with Gasteiger partial charge in [0, 0.05) is 44.2 Å². The fourth-order valence-corrected chi connectivity index (χ4v) is 1.88. The Hall–Kier alpha value is -1.99. The first kappa shape index (κ1) is 15.4. The van der Waals surface area contributed by atoms with Gasteiger partial charge in [-0.2, -0.15) is 0 Å². The van der Waals surface area contributed by atoms with Crippen molar-refractivity contribution in [2.45, 2.75) is 12.8 Å². The summed E-state index contributed by atoms with van der Waals surface area (Å²) in [6.45, 7) is 0.446. The maximum atomic E-state index is 13.8. The highest BCUT2D eigenvalue weighted by atomic mass is 35.5. The van der Waals surface area contributed by atoms with Crippen molar-refractivity contribution < 1.29 is 9.13 Å². The Balaban J connectivity index is 1.91. The van der Waals surface area contributed by atoms with Crippen LogP contribution in [0.5, 0.6) is 5.75 Å². The van der Waals surface area contributed by atoms with Gasteiger partial charge in [0.2, 0.25) is 0 Å². The van der Waals surface area contributed by atoms with Crippen molar-refractivity contribution in [3.05, 3.63) is 47.8 Å². The molecule has 1 aromatic heterocycles. The van der Waals surface area contributed by atoms with E-state index in [1.54, 1.807) is 18.3 Å². The van der Waals surface area contributed by atoms with Gasteiger partial charge in [0.1, 0.15) is 17.4 Å². The molecule has 21 heavy (non-hydrogen) atoms. The molecule has 0 aliphatic rings. The first-order valence-corrected chi connectivity index (χ1v) is 7.17. The van der Waals surface area contributed by atoms with Gasteiger partial charge < -0.3 is 9.30 Å². The maximum absolute atomic E-state index is 13.8. The first-order valence-electron chi connectivity index (χ1n) is 6.64. The molecule has 2 rings (SSSR count). The van der Waals surface area contributed by atoms with Crippen molar-refractivity contribution >= 4 is 11.6 Å². The molecule has 0 radical (unpaired) electrons. The average Bonchev–Trinajstić information content (AvgIpc) is 2.87. The largest absolute Gasteiger partial charge is 0.493 e. The Morgan fingerprint density at radius 1 is 1.43 bits per heavy atom. The summed E-state index contributed by atoms with van der Waals surface area (Å²) in [6, 6.07) is 4.68. The average molecular weight is 307 g/mol. The number of benzene rings is 1. The Bertz CT molecular complexity index is 658. The molecule has 0 spiro atoms. The summed E-state index contributed by atoms with van der Waals surface area (Å²) in [4.78, 5) is 4.20. The number of hydrogen-bond acceptors (Lipinski definition) is 2. The van der Waals surface area contributed by atoms with E-state index in [1.165, 1.54) is 6.07 Å². The van der Waals surface area contributed by atoms with Gasteiger partial charge in [0.05, 0.1) is 12.2 Å². The zero-order valence-corrected chi connectivity index (χ0v) is 12.5. The second-order valence-electron chi connectivity index (χ2n) is 4.44. The van der Waals surface area contributed by atoms with Gasteiger partial charge >= 0.3 is 0 Å². The zero-order valence-electron chi connectivity index (χ0n) is 11.8. The van der Waals surface area contributed by atoms with Crippen molar-refractivity contribution in [3.8, 4) is 17.6 Å². The number of ether oxygens (including phenoxy) is 1. The molecule has 1 heterocycles. The second kappa shape index (κ2) is 7.70. The first-order chi connectivity index (χ1) is 10.2. The molecule has 1 aromatic carbocycles. The Labute approximate surface area is 128 Å². The number of rotatable bonds is 5. The van der Waals surface area contributed by atoms with E-state index in [9.17, 15) is 4.39 Å². The van der Waals surface area contributed by atoms with Crippen LogP contribution in [0.15, 0.2) is 30.6 Å². The molecule has 0 saturated heterocycles. The molecule has 0 fully saturated rings. The standard InChI is InChI=1S/C16H16ClFN2O/c1-20-10-9-19-16(20)7-11-21-14-6-5-13(15(18)12-14)4-2-3-8-17/h5-6,9-10,12H,3,7-8,11H2,1H3. The summed E-state index contributed by atoms with van der Waals surface area (Å²) < 4.78 is 21.3. The topological polar surface area (TPSA) is 27.1 Å². The van der Waals surface area contributed by atoms with Crippen LogP contribution in [-0.4, -0.2) is 22.0 Å². The Morgan fingerprint density at radius 3 is 2.95 bits per heavy atom. The van der Waals surface area contributed by atoms with Crippen LogP contribution in [0, 0.1) is 17.7 Å². The predicted molar refractivity (Wildman–Crippen MR) is 81.0 cm³/mol. The fraction of sp³-hybridized carbons (Fsp3) is 0.312. The predicted octanol–water partition coefficient (Wildman–Crippen LogP) is 3.16. The van der Waals surface area contributed by atoms with Crippen LogP contribution >= 0.6 is 11.6 Å². The summed E-state index contributed by atoms with van der Waals surface area (Å²) in [6.07, 6.45) is 4.83. The van der Waals surface area contributed by atoms with E-state index in [4.69, 9.17) is 16.3 Å². The minimum atomic E-state index is -0.383. The van der Waals surface area contributed by atoms with E-state index >= 15 is 0 Å². The fourth-order valence-electron chi connectivity index (χ4n) is 1.79. The number of alkyl halides is 1. The third-order valence-electron chi connectivity index (χ3n) is 2.90. The van der Waals surface area contributed by atoms with Crippen molar-refractivity contribution in [2.75, 3.05) is 12.5 Å². The molecule has 5 heteroatoms. The van der Waals surface area contributed by atoms with E-state index in [1.807, 2.05) is 17.8 Å². The van der Waals surface area contributed by atoms with Crippen LogP contribution in [0.4, 0.5) is 4.39 Å². The van der Waals surface area contributed by atoms with E-state index in [2.05, 4.69) is 16.8 Å².